The third-order valence-electron chi connectivity index (χ3n) is 4.38. The van der Waals surface area contributed by atoms with E-state index in [1.165, 1.54) is 0 Å². The molecule has 1 N–H and O–H groups in total. The highest BCUT2D eigenvalue weighted by molar-refractivity contribution is 9.10. The number of nitrogens with one attached hydrogen (secondary N) is 1. The van der Waals surface area contributed by atoms with Gasteiger partial charge in [-0.1, -0.05) is 22.0 Å². The lowest BCUT2D eigenvalue weighted by atomic mass is 10.1. The van der Waals surface area contributed by atoms with E-state index in [4.69, 9.17) is 0 Å². The molecular weight excluding hydrogens is 346 g/mol. The van der Waals surface area contributed by atoms with Gasteiger partial charge in [0.25, 0.3) is 0 Å². The van der Waals surface area contributed by atoms with Crippen molar-refractivity contribution in [2.45, 2.75) is 19.4 Å². The summed E-state index contributed by atoms with van der Waals surface area (Å²) in [5.74, 6) is -0.0916. The lowest BCUT2D eigenvalue weighted by molar-refractivity contribution is -0.138. The molecule has 5 nitrogen and oxygen atoms in total. The van der Waals surface area contributed by atoms with Crippen molar-refractivity contribution in [3.05, 3.63) is 28.7 Å². The highest BCUT2D eigenvalue weighted by atomic mass is 79.9. The summed E-state index contributed by atoms with van der Waals surface area (Å²) < 4.78 is 0.934. The van der Waals surface area contributed by atoms with Crippen LogP contribution in [0.1, 0.15) is 13.3 Å². The summed E-state index contributed by atoms with van der Waals surface area (Å²) in [4.78, 5) is 28.6. The molecule has 118 valence electrons. The number of rotatable bonds is 2. The van der Waals surface area contributed by atoms with Gasteiger partial charge in [-0.25, -0.2) is 0 Å². The van der Waals surface area contributed by atoms with Gasteiger partial charge in [0.15, 0.2) is 0 Å². The molecule has 0 aromatic heterocycles. The fourth-order valence-electron chi connectivity index (χ4n) is 3.17. The zero-order chi connectivity index (χ0) is 15.7. The number of benzene rings is 1. The van der Waals surface area contributed by atoms with E-state index in [1.807, 2.05) is 36.1 Å². The molecule has 0 bridgehead atoms. The Kier molecular flexibility index (Phi) is 4.49. The average molecular weight is 366 g/mol. The van der Waals surface area contributed by atoms with Gasteiger partial charge in [0.2, 0.25) is 11.8 Å². The van der Waals surface area contributed by atoms with E-state index >= 15 is 0 Å². The minimum Gasteiger partial charge on any atom is -0.337 e. The first kappa shape index (κ1) is 15.5. The van der Waals surface area contributed by atoms with Crippen molar-refractivity contribution < 1.29 is 9.59 Å². The van der Waals surface area contributed by atoms with Gasteiger partial charge in [-0.15, -0.1) is 0 Å². The van der Waals surface area contributed by atoms with Crippen molar-refractivity contribution in [2.24, 2.45) is 5.92 Å². The summed E-state index contributed by atoms with van der Waals surface area (Å²) >= 11 is 3.42. The molecule has 0 radical (unpaired) electrons. The van der Waals surface area contributed by atoms with Gasteiger partial charge in [0.1, 0.15) is 0 Å². The standard InChI is InChI=1S/C16H20BrN3O2/c1-11-9-18-5-6-19(11)16(22)12-7-15(21)20(10-12)14-4-2-3-13(17)8-14/h2-4,8,11-12,18H,5-7,9-10H2,1H3. The number of hydrogen-bond acceptors (Lipinski definition) is 3. The Balaban J connectivity index is 1.72. The predicted molar refractivity (Wildman–Crippen MR) is 88.6 cm³/mol. The van der Waals surface area contributed by atoms with E-state index in [9.17, 15) is 9.59 Å². The van der Waals surface area contributed by atoms with Gasteiger partial charge < -0.3 is 15.1 Å². The van der Waals surface area contributed by atoms with Crippen LogP contribution in [0.4, 0.5) is 5.69 Å². The summed E-state index contributed by atoms with van der Waals surface area (Å²) in [7, 11) is 0. The molecule has 0 spiro atoms. The van der Waals surface area contributed by atoms with E-state index in [2.05, 4.69) is 21.2 Å². The Hall–Kier alpha value is -1.40. The van der Waals surface area contributed by atoms with Crippen LogP contribution < -0.4 is 10.2 Å². The molecule has 2 heterocycles. The molecule has 0 saturated carbocycles. The normalized spacial score (nSPS) is 25.6. The molecule has 2 unspecified atom stereocenters. The molecule has 2 atom stereocenters. The summed E-state index contributed by atoms with van der Waals surface area (Å²) in [6, 6.07) is 7.84. The largest absolute Gasteiger partial charge is 0.337 e. The van der Waals surface area contributed by atoms with Crippen molar-refractivity contribution in [2.75, 3.05) is 31.1 Å². The molecule has 2 fully saturated rings. The molecule has 1 aromatic carbocycles. The van der Waals surface area contributed by atoms with Crippen LogP contribution in [-0.2, 0) is 9.59 Å². The summed E-state index contributed by atoms with van der Waals surface area (Å²) in [5, 5.41) is 3.28. The molecule has 0 aliphatic carbocycles. The first-order chi connectivity index (χ1) is 10.6. The molecule has 6 heteroatoms. The lowest BCUT2D eigenvalue weighted by Crippen LogP contribution is -2.54. The minimum atomic E-state index is -0.230. The summed E-state index contributed by atoms with van der Waals surface area (Å²) in [6.07, 6.45) is 0.308. The maximum absolute atomic E-state index is 12.7. The number of anilines is 1. The topological polar surface area (TPSA) is 52.7 Å². The molecular formula is C16H20BrN3O2. The van der Waals surface area contributed by atoms with E-state index in [0.717, 1.165) is 29.8 Å². The average Bonchev–Trinajstić information content (AvgIpc) is 2.89. The van der Waals surface area contributed by atoms with Crippen molar-refractivity contribution in [1.29, 1.82) is 0 Å². The Morgan fingerprint density at radius 3 is 2.95 bits per heavy atom. The van der Waals surface area contributed by atoms with Crippen LogP contribution >= 0.6 is 15.9 Å². The smallest absolute Gasteiger partial charge is 0.228 e. The Bertz CT molecular complexity index is 593. The Morgan fingerprint density at radius 1 is 1.41 bits per heavy atom. The van der Waals surface area contributed by atoms with Gasteiger partial charge in [0.05, 0.1) is 5.92 Å². The molecule has 1 aromatic rings. The van der Waals surface area contributed by atoms with Crippen molar-refractivity contribution in [1.82, 2.24) is 10.2 Å². The van der Waals surface area contributed by atoms with Crippen LogP contribution in [0.5, 0.6) is 0 Å². The van der Waals surface area contributed by atoms with Crippen LogP contribution in [0.2, 0.25) is 0 Å². The monoisotopic (exact) mass is 365 g/mol. The lowest BCUT2D eigenvalue weighted by Gasteiger charge is -2.35. The van der Waals surface area contributed by atoms with Crippen LogP contribution in [0.25, 0.3) is 0 Å². The third-order valence-corrected chi connectivity index (χ3v) is 4.87. The quantitative estimate of drug-likeness (QED) is 0.866. The number of halogens is 1. The summed E-state index contributed by atoms with van der Waals surface area (Å²) in [6.45, 7) is 4.90. The van der Waals surface area contributed by atoms with Crippen molar-refractivity contribution in [3.8, 4) is 0 Å². The first-order valence-corrected chi connectivity index (χ1v) is 8.42. The number of carbonyl (C=O) groups is 2. The molecule has 22 heavy (non-hydrogen) atoms. The SMILES string of the molecule is CC1CNCCN1C(=O)C1CC(=O)N(c2cccc(Br)c2)C1. The number of carbonyl (C=O) groups excluding carboxylic acids is 2. The van der Waals surface area contributed by atoms with Crippen LogP contribution in [0.3, 0.4) is 0 Å². The van der Waals surface area contributed by atoms with Crippen LogP contribution in [0, 0.1) is 5.92 Å². The predicted octanol–water partition coefficient (Wildman–Crippen LogP) is 1.62. The fraction of sp³-hybridized carbons (Fsp3) is 0.500. The zero-order valence-corrected chi connectivity index (χ0v) is 14.2. The molecule has 2 aliphatic heterocycles. The van der Waals surface area contributed by atoms with E-state index in [1.54, 1.807) is 4.90 Å². The zero-order valence-electron chi connectivity index (χ0n) is 12.6. The van der Waals surface area contributed by atoms with E-state index < -0.39 is 0 Å². The second kappa shape index (κ2) is 6.38. The van der Waals surface area contributed by atoms with E-state index in [-0.39, 0.29) is 23.8 Å². The number of piperazine rings is 1. The summed E-state index contributed by atoms with van der Waals surface area (Å²) in [5.41, 5.74) is 0.850. The first-order valence-electron chi connectivity index (χ1n) is 7.63. The second-order valence-corrected chi connectivity index (χ2v) is 6.89. The van der Waals surface area contributed by atoms with Crippen molar-refractivity contribution in [3.63, 3.8) is 0 Å². The van der Waals surface area contributed by atoms with Gasteiger partial charge >= 0.3 is 0 Å². The van der Waals surface area contributed by atoms with Crippen LogP contribution in [-0.4, -0.2) is 48.9 Å². The number of amides is 2. The second-order valence-electron chi connectivity index (χ2n) is 5.97. The van der Waals surface area contributed by atoms with Gasteiger partial charge in [-0.05, 0) is 25.1 Å². The van der Waals surface area contributed by atoms with Gasteiger partial charge in [-0.2, -0.15) is 0 Å². The van der Waals surface area contributed by atoms with Crippen LogP contribution in [0.15, 0.2) is 28.7 Å². The molecule has 3 rings (SSSR count). The van der Waals surface area contributed by atoms with Crippen molar-refractivity contribution >= 4 is 33.4 Å². The number of nitrogens with zero attached hydrogens (tertiary/aromatic N) is 2. The third kappa shape index (κ3) is 3.03. The Morgan fingerprint density at radius 2 is 2.23 bits per heavy atom. The molecule has 2 amide bonds. The molecule has 2 saturated heterocycles. The Labute approximate surface area is 138 Å². The van der Waals surface area contributed by atoms with Gasteiger partial charge in [0, 0.05) is 48.8 Å². The van der Waals surface area contributed by atoms with E-state index in [0.29, 0.717) is 13.0 Å². The fourth-order valence-corrected chi connectivity index (χ4v) is 3.56. The minimum absolute atomic E-state index is 0.0271. The maximum Gasteiger partial charge on any atom is 0.228 e. The number of hydrogen-bond donors (Lipinski definition) is 1. The molecule has 2 aliphatic rings. The highest BCUT2D eigenvalue weighted by Gasteiger charge is 2.38. The maximum atomic E-state index is 12.7. The van der Waals surface area contributed by atoms with Gasteiger partial charge in [-0.3, -0.25) is 9.59 Å². The highest BCUT2D eigenvalue weighted by Crippen LogP contribution is 2.28.